The minimum Gasteiger partial charge on any atom is -0.354 e. The molecule has 1 saturated heterocycles. The lowest BCUT2D eigenvalue weighted by Crippen LogP contribution is -2.49. The van der Waals surface area contributed by atoms with E-state index in [0.29, 0.717) is 26.2 Å². The lowest BCUT2D eigenvalue weighted by Gasteiger charge is -2.34. The molecule has 5 nitrogen and oxygen atoms in total. The highest BCUT2D eigenvalue weighted by Gasteiger charge is 2.69. The zero-order valence-electron chi connectivity index (χ0n) is 11.9. The number of nitrogens with one attached hydrogen (secondary N) is 1. The Hall–Kier alpha value is -1.24. The van der Waals surface area contributed by atoms with Crippen LogP contribution in [-0.4, -0.2) is 66.8 Å². The molecule has 2 rings (SSSR count). The van der Waals surface area contributed by atoms with Crippen LogP contribution in [0, 0.1) is 11.8 Å². The predicted molar refractivity (Wildman–Crippen MR) is 69.3 cm³/mol. The van der Waals surface area contributed by atoms with Crippen LogP contribution < -0.4 is 5.32 Å². The van der Waals surface area contributed by atoms with Gasteiger partial charge in [0.2, 0.25) is 11.8 Å². The molecule has 2 aliphatic rings. The third-order valence-electron chi connectivity index (χ3n) is 4.24. The van der Waals surface area contributed by atoms with Crippen molar-refractivity contribution in [1.82, 2.24) is 15.1 Å². The second-order valence-corrected chi connectivity index (χ2v) is 5.58. The zero-order chi connectivity index (χ0) is 14.9. The first-order valence-electron chi connectivity index (χ1n) is 6.97. The van der Waals surface area contributed by atoms with E-state index in [1.54, 1.807) is 11.8 Å². The lowest BCUT2D eigenvalue weighted by atomic mass is 10.3. The van der Waals surface area contributed by atoms with Crippen LogP contribution in [0.4, 0.5) is 8.78 Å². The fourth-order valence-corrected chi connectivity index (χ4v) is 2.62. The molecule has 0 spiro atoms. The van der Waals surface area contributed by atoms with Gasteiger partial charge in [-0.05, 0) is 0 Å². The van der Waals surface area contributed by atoms with Crippen molar-refractivity contribution in [3.8, 4) is 0 Å². The molecule has 0 radical (unpaired) electrons. The Morgan fingerprint density at radius 1 is 1.25 bits per heavy atom. The van der Waals surface area contributed by atoms with E-state index in [0.717, 1.165) is 13.1 Å². The van der Waals surface area contributed by atoms with Crippen molar-refractivity contribution in [3.05, 3.63) is 0 Å². The molecular weight excluding hydrogens is 268 g/mol. The molecule has 1 aliphatic heterocycles. The van der Waals surface area contributed by atoms with E-state index in [2.05, 4.69) is 10.2 Å². The number of amides is 2. The van der Waals surface area contributed by atoms with Crippen LogP contribution in [0.3, 0.4) is 0 Å². The van der Waals surface area contributed by atoms with E-state index in [-0.39, 0.29) is 5.91 Å². The van der Waals surface area contributed by atoms with Gasteiger partial charge in [0.25, 0.3) is 5.92 Å². The molecule has 2 amide bonds. The van der Waals surface area contributed by atoms with Gasteiger partial charge >= 0.3 is 0 Å². The lowest BCUT2D eigenvalue weighted by molar-refractivity contribution is -0.130. The second-order valence-electron chi connectivity index (χ2n) is 5.58. The number of carbonyl (C=O) groups is 2. The molecule has 0 aromatic carbocycles. The molecule has 7 heteroatoms. The van der Waals surface area contributed by atoms with Gasteiger partial charge in [-0.2, -0.15) is 0 Å². The highest BCUT2D eigenvalue weighted by Crippen LogP contribution is 2.54. The van der Waals surface area contributed by atoms with Crippen molar-refractivity contribution in [1.29, 1.82) is 0 Å². The molecule has 1 saturated carbocycles. The molecule has 1 N–H and O–H groups in total. The SMILES string of the molecule is CC(=O)N1CCN(CCNC(=O)C2C(C)C2(F)F)CC1. The topological polar surface area (TPSA) is 52.7 Å². The smallest absolute Gasteiger partial charge is 0.263 e. The Morgan fingerprint density at radius 2 is 1.80 bits per heavy atom. The van der Waals surface area contributed by atoms with Gasteiger partial charge in [-0.15, -0.1) is 0 Å². The first-order chi connectivity index (χ1) is 9.34. The van der Waals surface area contributed by atoms with E-state index < -0.39 is 23.7 Å². The fourth-order valence-electron chi connectivity index (χ4n) is 2.62. The van der Waals surface area contributed by atoms with Gasteiger partial charge in [-0.25, -0.2) is 8.78 Å². The van der Waals surface area contributed by atoms with Crippen LogP contribution in [-0.2, 0) is 9.59 Å². The van der Waals surface area contributed by atoms with Crippen LogP contribution in [0.15, 0.2) is 0 Å². The Kier molecular flexibility index (Phi) is 4.27. The summed E-state index contributed by atoms with van der Waals surface area (Å²) >= 11 is 0. The van der Waals surface area contributed by atoms with E-state index >= 15 is 0 Å². The fraction of sp³-hybridized carbons (Fsp3) is 0.846. The van der Waals surface area contributed by atoms with Crippen molar-refractivity contribution in [2.75, 3.05) is 39.3 Å². The number of alkyl halides is 2. The number of rotatable bonds is 4. The number of piperazine rings is 1. The summed E-state index contributed by atoms with van der Waals surface area (Å²) in [7, 11) is 0. The standard InChI is InChI=1S/C13H21F2N3O2/c1-9-11(13(9,14)15)12(20)16-3-4-17-5-7-18(8-6-17)10(2)19/h9,11H,3-8H2,1-2H3,(H,16,20). The Balaban J connectivity index is 1.63. The van der Waals surface area contributed by atoms with Crippen LogP contribution >= 0.6 is 0 Å². The van der Waals surface area contributed by atoms with Crippen molar-refractivity contribution < 1.29 is 18.4 Å². The molecule has 2 fully saturated rings. The summed E-state index contributed by atoms with van der Waals surface area (Å²) in [6.07, 6.45) is 0. The number of halogens is 2. The van der Waals surface area contributed by atoms with Crippen molar-refractivity contribution >= 4 is 11.8 Å². The van der Waals surface area contributed by atoms with Crippen molar-refractivity contribution in [2.45, 2.75) is 19.8 Å². The molecule has 1 heterocycles. The molecule has 20 heavy (non-hydrogen) atoms. The Labute approximate surface area is 117 Å². The summed E-state index contributed by atoms with van der Waals surface area (Å²) in [5, 5.41) is 2.57. The van der Waals surface area contributed by atoms with Crippen LogP contribution in [0.1, 0.15) is 13.8 Å². The maximum absolute atomic E-state index is 13.0. The molecule has 114 valence electrons. The monoisotopic (exact) mass is 289 g/mol. The molecular formula is C13H21F2N3O2. The van der Waals surface area contributed by atoms with Gasteiger partial charge in [0, 0.05) is 52.1 Å². The third-order valence-corrected chi connectivity index (χ3v) is 4.24. The average molecular weight is 289 g/mol. The molecule has 0 bridgehead atoms. The van der Waals surface area contributed by atoms with E-state index in [1.807, 2.05) is 0 Å². The van der Waals surface area contributed by atoms with Gasteiger partial charge in [-0.3, -0.25) is 14.5 Å². The van der Waals surface area contributed by atoms with E-state index in [9.17, 15) is 18.4 Å². The van der Waals surface area contributed by atoms with Gasteiger partial charge < -0.3 is 10.2 Å². The van der Waals surface area contributed by atoms with Gasteiger partial charge in [0.15, 0.2) is 0 Å². The highest BCUT2D eigenvalue weighted by atomic mass is 19.3. The summed E-state index contributed by atoms with van der Waals surface area (Å²) < 4.78 is 26.1. The number of carbonyl (C=O) groups excluding carboxylic acids is 2. The second kappa shape index (κ2) is 5.63. The average Bonchev–Trinajstić information content (AvgIpc) is 2.89. The minimum atomic E-state index is -2.84. The van der Waals surface area contributed by atoms with E-state index in [4.69, 9.17) is 0 Å². The highest BCUT2D eigenvalue weighted by molar-refractivity contribution is 5.83. The Bertz CT molecular complexity index is 395. The largest absolute Gasteiger partial charge is 0.354 e. The number of hydrogen-bond donors (Lipinski definition) is 1. The third kappa shape index (κ3) is 3.08. The summed E-state index contributed by atoms with van der Waals surface area (Å²) in [6.45, 7) is 6.82. The van der Waals surface area contributed by atoms with Crippen LogP contribution in [0.2, 0.25) is 0 Å². The zero-order valence-corrected chi connectivity index (χ0v) is 11.9. The molecule has 2 atom stereocenters. The maximum Gasteiger partial charge on any atom is 0.263 e. The van der Waals surface area contributed by atoms with Crippen molar-refractivity contribution in [3.63, 3.8) is 0 Å². The molecule has 0 aromatic heterocycles. The van der Waals surface area contributed by atoms with E-state index in [1.165, 1.54) is 6.92 Å². The number of nitrogens with zero attached hydrogens (tertiary/aromatic N) is 2. The summed E-state index contributed by atoms with van der Waals surface area (Å²) in [4.78, 5) is 26.6. The van der Waals surface area contributed by atoms with Gasteiger partial charge in [-0.1, -0.05) is 6.92 Å². The van der Waals surface area contributed by atoms with Gasteiger partial charge in [0.1, 0.15) is 5.92 Å². The Morgan fingerprint density at radius 3 is 2.25 bits per heavy atom. The normalized spacial score (nSPS) is 29.1. The van der Waals surface area contributed by atoms with Crippen LogP contribution in [0.5, 0.6) is 0 Å². The number of hydrogen-bond acceptors (Lipinski definition) is 3. The first kappa shape index (κ1) is 15.2. The molecule has 2 unspecified atom stereocenters. The quantitative estimate of drug-likeness (QED) is 0.802. The summed E-state index contributed by atoms with van der Waals surface area (Å²) in [6, 6.07) is 0. The minimum absolute atomic E-state index is 0.0721. The predicted octanol–water partition coefficient (Wildman–Crippen LogP) is 0.168. The first-order valence-corrected chi connectivity index (χ1v) is 6.97. The molecule has 0 aromatic rings. The van der Waals surface area contributed by atoms with Gasteiger partial charge in [0.05, 0.1) is 0 Å². The van der Waals surface area contributed by atoms with Crippen LogP contribution in [0.25, 0.3) is 0 Å². The molecule has 1 aliphatic carbocycles. The summed E-state index contributed by atoms with van der Waals surface area (Å²) in [5.74, 6) is -5.32. The maximum atomic E-state index is 13.0. The summed E-state index contributed by atoms with van der Waals surface area (Å²) in [5.41, 5.74) is 0. The van der Waals surface area contributed by atoms with Crippen molar-refractivity contribution in [2.24, 2.45) is 11.8 Å².